The Hall–Kier alpha value is -1.62. The van der Waals surface area contributed by atoms with E-state index in [9.17, 15) is 0 Å². The molecule has 0 aliphatic heterocycles. The molecular formula is C7H6ClN5. The van der Waals surface area contributed by atoms with Gasteiger partial charge in [0.15, 0.2) is 5.65 Å². The van der Waals surface area contributed by atoms with Crippen molar-refractivity contribution in [3.63, 3.8) is 0 Å². The first-order valence-corrected chi connectivity index (χ1v) is 3.89. The number of hydrogen-bond donors (Lipinski definition) is 2. The Balaban J connectivity index is 2.79. The number of hydrogen-bond acceptors (Lipinski definition) is 3. The van der Waals surface area contributed by atoms with Crippen molar-refractivity contribution < 1.29 is 0 Å². The smallest absolute Gasteiger partial charge is 0.155 e. The molecule has 0 aromatic carbocycles. The van der Waals surface area contributed by atoms with E-state index in [1.54, 1.807) is 10.6 Å². The zero-order valence-electron chi connectivity index (χ0n) is 6.53. The first-order chi connectivity index (χ1) is 6.18. The highest BCUT2D eigenvalue weighted by Gasteiger charge is 2.05. The third-order valence-corrected chi connectivity index (χ3v) is 1.84. The Morgan fingerprint density at radius 2 is 2.23 bits per heavy atom. The van der Waals surface area contributed by atoms with Crippen LogP contribution in [-0.2, 0) is 0 Å². The summed E-state index contributed by atoms with van der Waals surface area (Å²) in [5.41, 5.74) is 6.47. The van der Waals surface area contributed by atoms with Crippen LogP contribution in [0.3, 0.4) is 0 Å². The number of nitrogens with two attached hydrogens (primary N) is 1. The quantitative estimate of drug-likeness (QED) is 0.518. The first kappa shape index (κ1) is 8.00. The second-order valence-electron chi connectivity index (χ2n) is 2.50. The highest BCUT2D eigenvalue weighted by Crippen LogP contribution is 2.09. The molecular weight excluding hydrogens is 190 g/mol. The number of halogens is 1. The molecule has 66 valence electrons. The number of nitrogens with one attached hydrogen (secondary N) is 1. The zero-order chi connectivity index (χ0) is 9.42. The predicted octanol–water partition coefficient (Wildman–Crippen LogP) is 0.667. The molecule has 13 heavy (non-hydrogen) atoms. The average molecular weight is 196 g/mol. The molecule has 0 bridgehead atoms. The monoisotopic (exact) mass is 195 g/mol. The fraction of sp³-hybridized carbons (Fsp3) is 0. The normalized spacial score (nSPS) is 10.5. The van der Waals surface area contributed by atoms with Crippen LogP contribution in [0.4, 0.5) is 0 Å². The lowest BCUT2D eigenvalue weighted by molar-refractivity contribution is 1.11. The first-order valence-electron chi connectivity index (χ1n) is 3.51. The number of nitrogen functional groups attached to an aromatic ring is 1. The number of fused-ring (bicyclic) bond motifs is 1. The maximum atomic E-state index is 7.26. The Labute approximate surface area is 78.7 Å². The number of nitrogens with zero attached hydrogens (tertiary/aromatic N) is 3. The minimum atomic E-state index is -0.0465. The highest BCUT2D eigenvalue weighted by atomic mass is 35.5. The summed E-state index contributed by atoms with van der Waals surface area (Å²) in [4.78, 5) is 7.85. The van der Waals surface area contributed by atoms with Crippen molar-refractivity contribution in [1.82, 2.24) is 14.4 Å². The maximum Gasteiger partial charge on any atom is 0.155 e. The third kappa shape index (κ3) is 1.23. The standard InChI is InChI=1S/C7H6ClN5/c8-5-3-13-4(7(9)10)1-12-6(13)2-11-5/h1-3H,(H3,9,10). The van der Waals surface area contributed by atoms with Gasteiger partial charge in [-0.15, -0.1) is 0 Å². The molecule has 0 unspecified atom stereocenters. The van der Waals surface area contributed by atoms with E-state index >= 15 is 0 Å². The van der Waals surface area contributed by atoms with Gasteiger partial charge in [-0.1, -0.05) is 11.6 Å². The Kier molecular flexibility index (Phi) is 1.66. The second kappa shape index (κ2) is 2.70. The van der Waals surface area contributed by atoms with Crippen LogP contribution in [0.5, 0.6) is 0 Å². The Morgan fingerprint density at radius 3 is 2.92 bits per heavy atom. The third-order valence-electron chi connectivity index (χ3n) is 1.64. The van der Waals surface area contributed by atoms with Crippen molar-refractivity contribution in [1.29, 1.82) is 5.41 Å². The van der Waals surface area contributed by atoms with E-state index in [0.717, 1.165) is 0 Å². The van der Waals surface area contributed by atoms with Crippen molar-refractivity contribution in [2.75, 3.05) is 0 Å². The summed E-state index contributed by atoms with van der Waals surface area (Å²) in [7, 11) is 0. The summed E-state index contributed by atoms with van der Waals surface area (Å²) in [5, 5.41) is 7.60. The van der Waals surface area contributed by atoms with Gasteiger partial charge in [0.25, 0.3) is 0 Å². The molecule has 2 aromatic rings. The van der Waals surface area contributed by atoms with Crippen LogP contribution in [0.25, 0.3) is 5.65 Å². The van der Waals surface area contributed by atoms with Crippen LogP contribution in [0.1, 0.15) is 5.69 Å². The van der Waals surface area contributed by atoms with Gasteiger partial charge in [-0.2, -0.15) is 0 Å². The molecule has 2 rings (SSSR count). The van der Waals surface area contributed by atoms with Gasteiger partial charge in [-0.25, -0.2) is 9.97 Å². The SMILES string of the molecule is N=C(N)c1cnc2cnc(Cl)cn12. The summed E-state index contributed by atoms with van der Waals surface area (Å²) in [6, 6.07) is 0. The summed E-state index contributed by atoms with van der Waals surface area (Å²) < 4.78 is 1.62. The van der Waals surface area contributed by atoms with E-state index in [1.165, 1.54) is 12.4 Å². The van der Waals surface area contributed by atoms with Crippen LogP contribution in [0, 0.1) is 5.41 Å². The summed E-state index contributed by atoms with van der Waals surface area (Å²) >= 11 is 5.68. The van der Waals surface area contributed by atoms with Crippen molar-refractivity contribution in [3.05, 3.63) is 29.4 Å². The van der Waals surface area contributed by atoms with E-state index in [0.29, 0.717) is 16.5 Å². The minimum Gasteiger partial charge on any atom is -0.382 e. The van der Waals surface area contributed by atoms with Gasteiger partial charge < -0.3 is 5.73 Å². The van der Waals surface area contributed by atoms with Gasteiger partial charge in [0.2, 0.25) is 0 Å². The molecule has 0 atom stereocenters. The fourth-order valence-electron chi connectivity index (χ4n) is 1.06. The zero-order valence-corrected chi connectivity index (χ0v) is 7.28. The summed E-state index contributed by atoms with van der Waals surface area (Å²) in [6.07, 6.45) is 4.60. The van der Waals surface area contributed by atoms with Crippen LogP contribution in [0.2, 0.25) is 5.15 Å². The molecule has 5 nitrogen and oxygen atoms in total. The van der Waals surface area contributed by atoms with Crippen molar-refractivity contribution in [3.8, 4) is 0 Å². The lowest BCUT2D eigenvalue weighted by Crippen LogP contribution is -2.13. The second-order valence-corrected chi connectivity index (χ2v) is 2.88. The molecule has 3 N–H and O–H groups in total. The van der Waals surface area contributed by atoms with E-state index < -0.39 is 0 Å². The van der Waals surface area contributed by atoms with E-state index in [2.05, 4.69) is 9.97 Å². The van der Waals surface area contributed by atoms with Gasteiger partial charge in [-0.3, -0.25) is 9.81 Å². The fourth-order valence-corrected chi connectivity index (χ4v) is 1.21. The number of aromatic nitrogens is 3. The molecule has 2 heterocycles. The number of imidazole rings is 1. The van der Waals surface area contributed by atoms with Crippen LogP contribution in [-0.4, -0.2) is 20.2 Å². The van der Waals surface area contributed by atoms with E-state index in [1.807, 2.05) is 0 Å². The molecule has 2 aromatic heterocycles. The molecule has 0 radical (unpaired) electrons. The molecule has 0 saturated carbocycles. The topological polar surface area (TPSA) is 80.1 Å². The largest absolute Gasteiger partial charge is 0.382 e. The summed E-state index contributed by atoms with van der Waals surface area (Å²) in [6.45, 7) is 0. The van der Waals surface area contributed by atoms with Crippen molar-refractivity contribution in [2.45, 2.75) is 0 Å². The van der Waals surface area contributed by atoms with E-state index in [-0.39, 0.29) is 5.84 Å². The molecule has 0 aliphatic carbocycles. The van der Waals surface area contributed by atoms with Crippen LogP contribution < -0.4 is 5.73 Å². The number of amidine groups is 1. The van der Waals surface area contributed by atoms with Gasteiger partial charge in [0.05, 0.1) is 12.4 Å². The van der Waals surface area contributed by atoms with Crippen molar-refractivity contribution >= 4 is 23.1 Å². The summed E-state index contributed by atoms with van der Waals surface area (Å²) in [5.74, 6) is -0.0465. The maximum absolute atomic E-state index is 7.26. The van der Waals surface area contributed by atoms with Gasteiger partial charge in [-0.05, 0) is 0 Å². The highest BCUT2D eigenvalue weighted by molar-refractivity contribution is 6.29. The molecule has 0 fully saturated rings. The van der Waals surface area contributed by atoms with Crippen LogP contribution >= 0.6 is 11.6 Å². The predicted molar refractivity (Wildman–Crippen MR) is 49.0 cm³/mol. The lowest BCUT2D eigenvalue weighted by atomic mass is 10.4. The molecule has 0 amide bonds. The average Bonchev–Trinajstić information content (AvgIpc) is 2.46. The van der Waals surface area contributed by atoms with Crippen molar-refractivity contribution in [2.24, 2.45) is 5.73 Å². The lowest BCUT2D eigenvalue weighted by Gasteiger charge is -1.98. The van der Waals surface area contributed by atoms with Gasteiger partial charge in [0, 0.05) is 6.20 Å². The minimum absolute atomic E-state index is 0.0465. The van der Waals surface area contributed by atoms with Gasteiger partial charge >= 0.3 is 0 Å². The molecule has 0 spiro atoms. The van der Waals surface area contributed by atoms with E-state index in [4.69, 9.17) is 22.7 Å². The van der Waals surface area contributed by atoms with Gasteiger partial charge in [0.1, 0.15) is 16.7 Å². The van der Waals surface area contributed by atoms with Crippen LogP contribution in [0.15, 0.2) is 18.6 Å². The molecule has 0 saturated heterocycles. The molecule has 0 aliphatic rings. The number of rotatable bonds is 1. The molecule has 6 heteroatoms. The Morgan fingerprint density at radius 1 is 1.46 bits per heavy atom. The Bertz CT molecular complexity index is 475.